The summed E-state index contributed by atoms with van der Waals surface area (Å²) >= 11 is 0. The minimum absolute atomic E-state index is 0.0817. The number of carbonyl (C=O) groups excluding carboxylic acids is 3. The molecule has 4 aliphatic rings. The first kappa shape index (κ1) is 34.4. The van der Waals surface area contributed by atoms with E-state index in [1.807, 2.05) is 66.7 Å². The lowest BCUT2D eigenvalue weighted by atomic mass is 9.86. The molecule has 2 atom stereocenters. The second kappa shape index (κ2) is 16.8. The number of ether oxygens (including phenoxy) is 5. The van der Waals surface area contributed by atoms with Crippen molar-refractivity contribution >= 4 is 18.0 Å². The number of piperidine rings is 3. The van der Waals surface area contributed by atoms with Crippen LogP contribution in [0.3, 0.4) is 0 Å². The zero-order valence-corrected chi connectivity index (χ0v) is 28.0. The van der Waals surface area contributed by atoms with Crippen molar-refractivity contribution in [1.29, 1.82) is 0 Å². The van der Waals surface area contributed by atoms with Gasteiger partial charge in [0.25, 0.3) is 0 Å². The molecule has 3 aromatic carbocycles. The Bertz CT molecular complexity index is 1540. The molecular weight excluding hydrogens is 626 g/mol. The van der Waals surface area contributed by atoms with Crippen molar-refractivity contribution in [2.45, 2.75) is 51.2 Å². The topological polar surface area (TPSA) is 116 Å². The van der Waals surface area contributed by atoms with Gasteiger partial charge in [-0.25, -0.2) is 9.59 Å². The van der Waals surface area contributed by atoms with Gasteiger partial charge in [0.2, 0.25) is 5.91 Å². The Hall–Kier alpha value is -4.45. The second-order valence-corrected chi connectivity index (χ2v) is 12.7. The first-order valence-corrected chi connectivity index (χ1v) is 17.1. The molecule has 11 heteroatoms. The molecule has 0 unspecified atom stereocenters. The van der Waals surface area contributed by atoms with Crippen LogP contribution in [-0.2, 0) is 30.3 Å². The third-order valence-corrected chi connectivity index (χ3v) is 9.40. The number of hydrogen-bond acceptors (Lipinski definition) is 9. The van der Waals surface area contributed by atoms with Crippen LogP contribution in [0.15, 0.2) is 78.9 Å². The number of nitrogens with zero attached hydrogens (tertiary/aromatic N) is 2. The molecular formula is C38H45N3O8. The molecule has 49 heavy (non-hydrogen) atoms. The van der Waals surface area contributed by atoms with Crippen LogP contribution in [0.5, 0.6) is 5.75 Å². The number of fused-ring (bicyclic) bond motifs is 3. The SMILES string of the molecule is CC(=O)N(CCOC(=O)c1ccc(COc2cccc([C@@H](NC(=O)O[C@H]3CN4CCC3CC4)c3ccccc3)c2)cc1)CCC1OCCO1. The van der Waals surface area contributed by atoms with Crippen molar-refractivity contribution in [2.75, 3.05) is 52.5 Å². The van der Waals surface area contributed by atoms with Crippen LogP contribution < -0.4 is 10.1 Å². The fourth-order valence-corrected chi connectivity index (χ4v) is 6.62. The van der Waals surface area contributed by atoms with E-state index in [2.05, 4.69) is 10.2 Å². The predicted octanol–water partition coefficient (Wildman–Crippen LogP) is 4.94. The van der Waals surface area contributed by atoms with Gasteiger partial charge in [-0.15, -0.1) is 0 Å². The lowest BCUT2D eigenvalue weighted by Gasteiger charge is -2.43. The molecule has 11 nitrogen and oxygen atoms in total. The van der Waals surface area contributed by atoms with E-state index in [0.29, 0.717) is 50.0 Å². The average Bonchev–Trinajstić information content (AvgIpc) is 3.66. The summed E-state index contributed by atoms with van der Waals surface area (Å²) in [6.07, 6.45) is 1.91. The third-order valence-electron chi connectivity index (χ3n) is 9.40. The van der Waals surface area contributed by atoms with Crippen molar-refractivity contribution in [3.63, 3.8) is 0 Å². The maximum atomic E-state index is 13.2. The Morgan fingerprint density at radius 2 is 1.65 bits per heavy atom. The average molecular weight is 672 g/mol. The van der Waals surface area contributed by atoms with E-state index in [1.165, 1.54) is 6.92 Å². The molecule has 3 aromatic rings. The quantitative estimate of drug-likeness (QED) is 0.238. The molecule has 260 valence electrons. The predicted molar refractivity (Wildman–Crippen MR) is 181 cm³/mol. The number of alkyl carbamates (subject to hydrolysis) is 1. The van der Waals surface area contributed by atoms with Gasteiger partial charge in [0.05, 0.1) is 31.4 Å². The van der Waals surface area contributed by atoms with Gasteiger partial charge in [-0.3, -0.25) is 9.69 Å². The van der Waals surface area contributed by atoms with Crippen molar-refractivity contribution in [3.8, 4) is 5.75 Å². The second-order valence-electron chi connectivity index (χ2n) is 12.7. The first-order chi connectivity index (χ1) is 23.9. The molecule has 4 saturated heterocycles. The molecule has 0 aliphatic carbocycles. The van der Waals surface area contributed by atoms with Crippen molar-refractivity contribution in [1.82, 2.24) is 15.1 Å². The van der Waals surface area contributed by atoms with E-state index >= 15 is 0 Å². The number of esters is 1. The Kier molecular flexibility index (Phi) is 11.8. The lowest BCUT2D eigenvalue weighted by Crippen LogP contribution is -2.52. The fraction of sp³-hybridized carbons (Fsp3) is 0.447. The maximum Gasteiger partial charge on any atom is 0.408 e. The van der Waals surface area contributed by atoms with E-state index < -0.39 is 18.1 Å². The number of nitrogens with one attached hydrogen (secondary N) is 1. The van der Waals surface area contributed by atoms with Gasteiger partial charge in [0.1, 0.15) is 25.1 Å². The summed E-state index contributed by atoms with van der Waals surface area (Å²) in [5.41, 5.74) is 3.10. The highest BCUT2D eigenvalue weighted by atomic mass is 16.7. The summed E-state index contributed by atoms with van der Waals surface area (Å²) in [6, 6.07) is 24.1. The van der Waals surface area contributed by atoms with Crippen LogP contribution in [0.1, 0.15) is 59.3 Å². The van der Waals surface area contributed by atoms with Gasteiger partial charge in [-0.2, -0.15) is 0 Å². The van der Waals surface area contributed by atoms with Gasteiger partial charge in [0, 0.05) is 26.4 Å². The Morgan fingerprint density at radius 1 is 0.918 bits per heavy atom. The van der Waals surface area contributed by atoms with Crippen molar-refractivity contribution in [3.05, 3.63) is 101 Å². The zero-order valence-electron chi connectivity index (χ0n) is 28.0. The molecule has 2 amide bonds. The summed E-state index contributed by atoms with van der Waals surface area (Å²) in [5, 5.41) is 3.11. The largest absolute Gasteiger partial charge is 0.489 e. The highest BCUT2D eigenvalue weighted by molar-refractivity contribution is 5.89. The minimum atomic E-state index is -0.461. The number of rotatable bonds is 14. The molecule has 7 rings (SSSR count). The van der Waals surface area contributed by atoms with Crippen LogP contribution in [0.2, 0.25) is 0 Å². The van der Waals surface area contributed by atoms with Gasteiger partial charge >= 0.3 is 12.1 Å². The number of benzene rings is 3. The molecule has 0 spiro atoms. The van der Waals surface area contributed by atoms with E-state index in [0.717, 1.165) is 49.2 Å². The molecule has 4 aliphatic heterocycles. The van der Waals surface area contributed by atoms with E-state index in [1.54, 1.807) is 17.0 Å². The van der Waals surface area contributed by atoms with Crippen LogP contribution in [0, 0.1) is 5.92 Å². The van der Waals surface area contributed by atoms with E-state index in [-0.39, 0.29) is 31.5 Å². The summed E-state index contributed by atoms with van der Waals surface area (Å²) in [4.78, 5) is 41.8. The summed E-state index contributed by atoms with van der Waals surface area (Å²) in [7, 11) is 0. The molecule has 4 fully saturated rings. The van der Waals surface area contributed by atoms with E-state index in [4.69, 9.17) is 23.7 Å². The van der Waals surface area contributed by atoms with E-state index in [9.17, 15) is 14.4 Å². The maximum absolute atomic E-state index is 13.2. The number of amides is 2. The fourth-order valence-electron chi connectivity index (χ4n) is 6.62. The Morgan fingerprint density at radius 3 is 2.35 bits per heavy atom. The van der Waals surface area contributed by atoms with Crippen LogP contribution >= 0.6 is 0 Å². The smallest absolute Gasteiger partial charge is 0.408 e. The molecule has 2 bridgehead atoms. The van der Waals surface area contributed by atoms with Crippen LogP contribution in [-0.4, -0.2) is 92.7 Å². The summed E-state index contributed by atoms with van der Waals surface area (Å²) in [5.74, 6) is 0.514. The summed E-state index contributed by atoms with van der Waals surface area (Å²) < 4.78 is 28.4. The molecule has 1 N–H and O–H groups in total. The lowest BCUT2D eigenvalue weighted by molar-refractivity contribution is -0.130. The van der Waals surface area contributed by atoms with Gasteiger partial charge in [0.15, 0.2) is 6.29 Å². The molecule has 0 radical (unpaired) electrons. The summed E-state index contributed by atoms with van der Waals surface area (Å²) in [6.45, 7) is 6.70. The zero-order chi connectivity index (χ0) is 34.0. The number of carbonyl (C=O) groups is 3. The molecule has 0 saturated carbocycles. The standard InChI is InChI=1S/C38H45N3O8/c1-27(42)41(19-16-35-45-22-23-46-35)20-21-47-37(43)31-12-10-28(11-13-31)26-48-33-9-5-8-32(24-33)36(30-6-3-2-4-7-30)39-38(44)49-34-25-40-17-14-29(34)15-18-40/h2-13,24,29,34-36H,14-23,25-26H2,1H3,(H,39,44)/t34-,36-/m0/s1. The van der Waals surface area contributed by atoms with Crippen molar-refractivity contribution in [2.24, 2.45) is 5.92 Å². The van der Waals surface area contributed by atoms with Gasteiger partial charge in [-0.1, -0.05) is 54.6 Å². The molecule has 4 heterocycles. The normalized spacial score (nSPS) is 20.7. The highest BCUT2D eigenvalue weighted by Crippen LogP contribution is 2.31. The number of hydrogen-bond donors (Lipinski definition) is 1. The first-order valence-electron chi connectivity index (χ1n) is 17.1. The highest BCUT2D eigenvalue weighted by Gasteiger charge is 2.37. The van der Waals surface area contributed by atoms with Crippen molar-refractivity contribution < 1.29 is 38.1 Å². The van der Waals surface area contributed by atoms with Gasteiger partial charge in [-0.05, 0) is 72.8 Å². The Labute approximate surface area is 287 Å². The molecule has 0 aromatic heterocycles. The van der Waals surface area contributed by atoms with Crippen LogP contribution in [0.25, 0.3) is 0 Å². The van der Waals surface area contributed by atoms with Crippen LogP contribution in [0.4, 0.5) is 4.79 Å². The monoisotopic (exact) mass is 671 g/mol. The third kappa shape index (κ3) is 9.59. The Balaban J connectivity index is 1.00. The minimum Gasteiger partial charge on any atom is -0.489 e. The van der Waals surface area contributed by atoms with Gasteiger partial charge < -0.3 is 33.9 Å².